The highest BCUT2D eigenvalue weighted by Gasteiger charge is 2.39. The molecule has 0 bridgehead atoms. The van der Waals surface area contributed by atoms with E-state index < -0.39 is 44.0 Å². The SMILES string of the molecule is CC(C)OC1CC(n2ccc(=O)[nH]c2=O)OC1COP(=O)(O)N=O. The Bertz CT molecular complexity index is 744. The zero-order chi connectivity index (χ0) is 17.9. The van der Waals surface area contributed by atoms with E-state index >= 15 is 0 Å². The molecule has 0 saturated carbocycles. The molecule has 0 spiro atoms. The van der Waals surface area contributed by atoms with Gasteiger partial charge in [0, 0.05) is 23.6 Å². The molecule has 0 aromatic carbocycles. The van der Waals surface area contributed by atoms with Gasteiger partial charge in [-0.3, -0.25) is 18.9 Å². The van der Waals surface area contributed by atoms with Gasteiger partial charge in [-0.05, 0) is 13.8 Å². The van der Waals surface area contributed by atoms with Crippen LogP contribution < -0.4 is 11.2 Å². The summed E-state index contributed by atoms with van der Waals surface area (Å²) in [4.78, 5) is 46.4. The average molecular weight is 363 g/mol. The first kappa shape index (κ1) is 18.7. The molecule has 4 atom stereocenters. The van der Waals surface area contributed by atoms with E-state index in [4.69, 9.17) is 14.4 Å². The number of rotatable bonds is 7. The van der Waals surface area contributed by atoms with Crippen LogP contribution in [0.25, 0.3) is 0 Å². The minimum Gasteiger partial charge on any atom is -0.373 e. The molecular formula is C12H18N3O8P. The first-order valence-corrected chi connectivity index (χ1v) is 8.69. The van der Waals surface area contributed by atoms with Crippen molar-refractivity contribution in [2.75, 3.05) is 6.61 Å². The molecule has 2 rings (SSSR count). The predicted molar refractivity (Wildman–Crippen MR) is 81.4 cm³/mol. The van der Waals surface area contributed by atoms with Crippen LogP contribution in [0.5, 0.6) is 0 Å². The number of aromatic amines is 1. The van der Waals surface area contributed by atoms with Crippen LogP contribution in [0.2, 0.25) is 0 Å². The molecule has 2 N–H and O–H groups in total. The van der Waals surface area contributed by atoms with Crippen molar-refractivity contribution in [2.45, 2.75) is 44.8 Å². The predicted octanol–water partition coefficient (Wildman–Crippen LogP) is 0.501. The summed E-state index contributed by atoms with van der Waals surface area (Å²) in [5.41, 5.74) is -1.19. The van der Waals surface area contributed by atoms with Gasteiger partial charge in [0.25, 0.3) is 5.56 Å². The molecule has 4 unspecified atom stereocenters. The van der Waals surface area contributed by atoms with Crippen molar-refractivity contribution in [3.63, 3.8) is 0 Å². The molecule has 1 aromatic heterocycles. The molecule has 12 heteroatoms. The van der Waals surface area contributed by atoms with Gasteiger partial charge in [0.2, 0.25) is 0 Å². The van der Waals surface area contributed by atoms with Crippen molar-refractivity contribution in [1.82, 2.24) is 9.55 Å². The Kier molecular flexibility index (Phi) is 5.83. The molecule has 1 aliphatic heterocycles. The van der Waals surface area contributed by atoms with Gasteiger partial charge in [-0.1, -0.05) is 0 Å². The average Bonchev–Trinajstić information content (AvgIpc) is 2.87. The van der Waals surface area contributed by atoms with Gasteiger partial charge in [-0.2, -0.15) is 0 Å². The fourth-order valence-corrected chi connectivity index (χ4v) is 2.75. The second-order valence-electron chi connectivity index (χ2n) is 5.47. The summed E-state index contributed by atoms with van der Waals surface area (Å²) in [6, 6.07) is 1.17. The molecular weight excluding hydrogens is 345 g/mol. The van der Waals surface area contributed by atoms with E-state index in [1.54, 1.807) is 13.8 Å². The molecule has 11 nitrogen and oxygen atoms in total. The molecule has 134 valence electrons. The third-order valence-electron chi connectivity index (χ3n) is 3.30. The van der Waals surface area contributed by atoms with Crippen molar-refractivity contribution >= 4 is 7.75 Å². The van der Waals surface area contributed by atoms with Crippen LogP contribution in [0, 0.1) is 4.91 Å². The van der Waals surface area contributed by atoms with Crippen LogP contribution in [0.1, 0.15) is 26.5 Å². The van der Waals surface area contributed by atoms with Gasteiger partial charge >= 0.3 is 13.4 Å². The highest BCUT2D eigenvalue weighted by molar-refractivity contribution is 7.51. The number of ether oxygens (including phenoxy) is 2. The number of nitrogens with one attached hydrogen (secondary N) is 1. The highest BCUT2D eigenvalue weighted by Crippen LogP contribution is 2.44. The van der Waals surface area contributed by atoms with E-state index in [9.17, 15) is 19.1 Å². The van der Waals surface area contributed by atoms with E-state index in [1.165, 1.54) is 16.8 Å². The maximum atomic E-state index is 11.8. The molecule has 1 aromatic rings. The molecule has 0 aliphatic carbocycles. The number of hydrogen-bond acceptors (Lipinski definition) is 7. The zero-order valence-corrected chi connectivity index (χ0v) is 13.9. The fraction of sp³-hybridized carbons (Fsp3) is 0.667. The van der Waals surface area contributed by atoms with Gasteiger partial charge in [0.15, 0.2) is 0 Å². The van der Waals surface area contributed by atoms with E-state index in [1.807, 2.05) is 4.95 Å². The van der Waals surface area contributed by atoms with Gasteiger partial charge < -0.3 is 14.4 Å². The third kappa shape index (κ3) is 4.68. The van der Waals surface area contributed by atoms with Gasteiger partial charge in [0.05, 0.1) is 18.8 Å². The molecule has 1 fully saturated rings. The zero-order valence-electron chi connectivity index (χ0n) is 13.0. The minimum atomic E-state index is -4.58. The molecule has 0 radical (unpaired) electrons. The Morgan fingerprint density at radius 2 is 2.25 bits per heavy atom. The number of H-pyrrole nitrogens is 1. The van der Waals surface area contributed by atoms with Crippen molar-refractivity contribution in [1.29, 1.82) is 0 Å². The van der Waals surface area contributed by atoms with Crippen molar-refractivity contribution < 1.29 is 23.5 Å². The Morgan fingerprint density at radius 1 is 1.54 bits per heavy atom. The molecule has 0 amide bonds. The topological polar surface area (TPSA) is 149 Å². The summed E-state index contributed by atoms with van der Waals surface area (Å²) < 4.78 is 28.2. The van der Waals surface area contributed by atoms with E-state index in [2.05, 4.69) is 9.51 Å². The van der Waals surface area contributed by atoms with Crippen molar-refractivity contribution in [2.24, 2.45) is 4.95 Å². The number of nitroso groups, excluding NO2 is 1. The summed E-state index contributed by atoms with van der Waals surface area (Å²) in [6.07, 6.45) is -0.724. The lowest BCUT2D eigenvalue weighted by Crippen LogP contribution is -2.32. The van der Waals surface area contributed by atoms with E-state index in [0.29, 0.717) is 0 Å². The van der Waals surface area contributed by atoms with Crippen LogP contribution in [-0.4, -0.2) is 39.4 Å². The Morgan fingerprint density at radius 3 is 2.83 bits per heavy atom. The third-order valence-corrected chi connectivity index (χ3v) is 3.99. The Labute approximate surface area is 136 Å². The van der Waals surface area contributed by atoms with Crippen LogP contribution in [0.15, 0.2) is 26.8 Å². The van der Waals surface area contributed by atoms with Gasteiger partial charge in [0.1, 0.15) is 12.3 Å². The van der Waals surface area contributed by atoms with Crippen molar-refractivity contribution in [3.05, 3.63) is 38.0 Å². The fourth-order valence-electron chi connectivity index (χ4n) is 2.36. The molecule has 24 heavy (non-hydrogen) atoms. The molecule has 1 saturated heterocycles. The van der Waals surface area contributed by atoms with Crippen LogP contribution in [-0.2, 0) is 18.6 Å². The normalized spacial score (nSPS) is 26.4. The molecule has 1 aliphatic rings. The lowest BCUT2D eigenvalue weighted by molar-refractivity contribution is -0.0719. The quantitative estimate of drug-likeness (QED) is 0.525. The minimum absolute atomic E-state index is 0.169. The van der Waals surface area contributed by atoms with Crippen molar-refractivity contribution in [3.8, 4) is 0 Å². The number of hydrogen-bond donors (Lipinski definition) is 2. The number of nitrogens with zero attached hydrogens (tertiary/aromatic N) is 2. The van der Waals surface area contributed by atoms with Gasteiger partial charge in [-0.15, -0.1) is 4.91 Å². The monoisotopic (exact) mass is 363 g/mol. The summed E-state index contributed by atoms with van der Waals surface area (Å²) in [7, 11) is -4.58. The summed E-state index contributed by atoms with van der Waals surface area (Å²) >= 11 is 0. The van der Waals surface area contributed by atoms with Gasteiger partial charge in [-0.25, -0.2) is 9.36 Å². The largest absolute Gasteiger partial charge is 0.487 e. The van der Waals surface area contributed by atoms with Crippen LogP contribution in [0.3, 0.4) is 0 Å². The number of aromatic nitrogens is 2. The maximum absolute atomic E-state index is 11.8. The summed E-state index contributed by atoms with van der Waals surface area (Å²) in [5, 5.41) is 0. The first-order chi connectivity index (χ1) is 11.2. The lowest BCUT2D eigenvalue weighted by atomic mass is 10.2. The highest BCUT2D eigenvalue weighted by atomic mass is 31.2. The van der Waals surface area contributed by atoms with Crippen LogP contribution in [0.4, 0.5) is 0 Å². The summed E-state index contributed by atoms with van der Waals surface area (Å²) in [5.74, 6) is 0. The Hall–Kier alpha value is -1.65. The van der Waals surface area contributed by atoms with Crippen LogP contribution >= 0.6 is 7.75 Å². The van der Waals surface area contributed by atoms with E-state index in [0.717, 1.165) is 0 Å². The smallest absolute Gasteiger partial charge is 0.373 e. The standard InChI is InChI=1S/C12H18N3O8P/c1-7(2)22-8-5-11(15-4-3-10(16)13-12(15)17)23-9(8)6-21-24(19,20)14-18/h3-4,7-9,11H,5-6H2,1-2H3,(H,19,20)(H,13,16,17). The maximum Gasteiger partial charge on any atom is 0.487 e. The second kappa shape index (κ2) is 7.49. The van der Waals surface area contributed by atoms with E-state index in [-0.39, 0.29) is 12.5 Å². The first-order valence-electron chi connectivity index (χ1n) is 7.16. The molecule has 2 heterocycles. The summed E-state index contributed by atoms with van der Waals surface area (Å²) in [6.45, 7) is 3.17. The Balaban J connectivity index is 2.16. The lowest BCUT2D eigenvalue weighted by Gasteiger charge is -2.20. The second-order valence-corrected chi connectivity index (χ2v) is 6.88.